The molecule has 6 nitrogen and oxygen atoms in total. The predicted octanol–water partition coefficient (Wildman–Crippen LogP) is 4.82. The number of thiophene rings is 1. The normalized spacial score (nSPS) is 10.9. The van der Waals surface area contributed by atoms with Gasteiger partial charge in [0.05, 0.1) is 25.1 Å². The number of amides is 1. The van der Waals surface area contributed by atoms with Gasteiger partial charge < -0.3 is 9.73 Å². The summed E-state index contributed by atoms with van der Waals surface area (Å²) in [6.07, 6.45) is 1.61. The molecule has 3 heterocycles. The lowest BCUT2D eigenvalue weighted by Crippen LogP contribution is -2.24. The Balaban J connectivity index is 1.45. The summed E-state index contributed by atoms with van der Waals surface area (Å²) in [6.45, 7) is 1.11. The molecule has 0 spiro atoms. The quantitative estimate of drug-likeness (QED) is 0.360. The Morgan fingerprint density at radius 1 is 1.21 bits per heavy atom. The van der Waals surface area contributed by atoms with E-state index < -0.39 is 0 Å². The van der Waals surface area contributed by atoms with Gasteiger partial charge in [-0.2, -0.15) is 0 Å². The molecule has 29 heavy (non-hydrogen) atoms. The molecule has 3 aromatic heterocycles. The zero-order valence-electron chi connectivity index (χ0n) is 15.2. The Morgan fingerprint density at radius 2 is 2.07 bits per heavy atom. The van der Waals surface area contributed by atoms with E-state index in [1.54, 1.807) is 17.6 Å². The number of aromatic nitrogens is 3. The van der Waals surface area contributed by atoms with Crippen molar-refractivity contribution in [1.82, 2.24) is 20.1 Å². The highest BCUT2D eigenvalue weighted by Gasteiger charge is 2.17. The lowest BCUT2D eigenvalue weighted by Gasteiger charge is -2.09. The van der Waals surface area contributed by atoms with Crippen molar-refractivity contribution in [2.24, 2.45) is 0 Å². The molecular weight excluding hydrogens is 472 g/mol. The van der Waals surface area contributed by atoms with Crippen LogP contribution in [0.2, 0.25) is 0 Å². The molecule has 0 fully saturated rings. The third-order valence-electron chi connectivity index (χ3n) is 4.06. The molecule has 9 heteroatoms. The summed E-state index contributed by atoms with van der Waals surface area (Å²) in [6, 6.07) is 15.7. The van der Waals surface area contributed by atoms with E-state index in [0.29, 0.717) is 29.8 Å². The van der Waals surface area contributed by atoms with Crippen LogP contribution in [0.25, 0.3) is 11.6 Å². The van der Waals surface area contributed by atoms with Gasteiger partial charge in [0, 0.05) is 14.7 Å². The minimum Gasteiger partial charge on any atom is -0.461 e. The number of hydrogen-bond donors (Lipinski definition) is 1. The van der Waals surface area contributed by atoms with Crippen LogP contribution in [-0.2, 0) is 17.9 Å². The third kappa shape index (κ3) is 5.17. The molecule has 0 aliphatic rings. The van der Waals surface area contributed by atoms with Crippen molar-refractivity contribution in [3.05, 3.63) is 75.1 Å². The van der Waals surface area contributed by atoms with Crippen molar-refractivity contribution < 1.29 is 9.21 Å². The second-order valence-corrected chi connectivity index (χ2v) is 9.01. The highest BCUT2D eigenvalue weighted by Crippen LogP contribution is 2.25. The summed E-state index contributed by atoms with van der Waals surface area (Å²) >= 11 is 6.39. The number of halogens is 1. The van der Waals surface area contributed by atoms with Gasteiger partial charge in [-0.15, -0.1) is 21.5 Å². The van der Waals surface area contributed by atoms with Crippen molar-refractivity contribution in [1.29, 1.82) is 0 Å². The van der Waals surface area contributed by atoms with E-state index in [9.17, 15) is 4.79 Å². The summed E-state index contributed by atoms with van der Waals surface area (Å²) in [5.41, 5.74) is 1.12. The van der Waals surface area contributed by atoms with Crippen LogP contribution >= 0.6 is 39.0 Å². The molecule has 0 saturated carbocycles. The topological polar surface area (TPSA) is 73.0 Å². The van der Waals surface area contributed by atoms with Crippen LogP contribution in [0.4, 0.5) is 0 Å². The number of carbonyl (C=O) groups is 1. The Bertz CT molecular complexity index is 1080. The zero-order valence-corrected chi connectivity index (χ0v) is 18.5. The highest BCUT2D eigenvalue weighted by atomic mass is 79.9. The van der Waals surface area contributed by atoms with Gasteiger partial charge in [0.25, 0.3) is 0 Å². The second kappa shape index (κ2) is 9.43. The monoisotopic (exact) mass is 488 g/mol. The Kier molecular flexibility index (Phi) is 6.48. The van der Waals surface area contributed by atoms with E-state index in [1.807, 2.05) is 58.5 Å². The van der Waals surface area contributed by atoms with E-state index in [1.165, 1.54) is 11.8 Å². The first-order valence-electron chi connectivity index (χ1n) is 8.82. The summed E-state index contributed by atoms with van der Waals surface area (Å²) in [5.74, 6) is 1.50. The molecule has 0 radical (unpaired) electrons. The molecule has 4 rings (SSSR count). The van der Waals surface area contributed by atoms with Crippen molar-refractivity contribution >= 4 is 44.9 Å². The summed E-state index contributed by atoms with van der Waals surface area (Å²) in [7, 11) is 0. The van der Waals surface area contributed by atoms with E-state index in [0.717, 1.165) is 14.9 Å². The summed E-state index contributed by atoms with van der Waals surface area (Å²) in [5, 5.41) is 14.2. The van der Waals surface area contributed by atoms with Crippen molar-refractivity contribution in [3.8, 4) is 11.6 Å². The molecule has 0 bridgehead atoms. The molecule has 0 aliphatic carbocycles. The van der Waals surface area contributed by atoms with Gasteiger partial charge in [-0.25, -0.2) is 0 Å². The van der Waals surface area contributed by atoms with Crippen LogP contribution in [0, 0.1) is 0 Å². The van der Waals surface area contributed by atoms with E-state index >= 15 is 0 Å². The smallest absolute Gasteiger partial charge is 0.230 e. The van der Waals surface area contributed by atoms with Gasteiger partial charge in [0.1, 0.15) is 0 Å². The first kappa shape index (κ1) is 19.9. The minimum atomic E-state index is -0.0478. The fraction of sp³-hybridized carbons (Fsp3) is 0.150. The van der Waals surface area contributed by atoms with Crippen LogP contribution in [0.15, 0.2) is 74.2 Å². The molecule has 1 aromatic carbocycles. The average Bonchev–Trinajstić information content (AvgIpc) is 3.47. The molecule has 4 aromatic rings. The number of hydrogen-bond acceptors (Lipinski definition) is 6. The van der Waals surface area contributed by atoms with Crippen LogP contribution in [0.1, 0.15) is 10.4 Å². The molecule has 0 atom stereocenters. The summed E-state index contributed by atoms with van der Waals surface area (Å²) < 4.78 is 8.51. The lowest BCUT2D eigenvalue weighted by atomic mass is 10.2. The van der Waals surface area contributed by atoms with Gasteiger partial charge in [0.2, 0.25) is 11.7 Å². The number of nitrogens with zero attached hydrogens (tertiary/aromatic N) is 3. The molecule has 0 saturated heterocycles. The largest absolute Gasteiger partial charge is 0.461 e. The number of furan rings is 1. The van der Waals surface area contributed by atoms with Gasteiger partial charge in [0.15, 0.2) is 10.9 Å². The number of benzene rings is 1. The number of thioether (sulfide) groups is 1. The van der Waals surface area contributed by atoms with E-state index in [-0.39, 0.29) is 11.7 Å². The minimum absolute atomic E-state index is 0.0478. The number of carbonyl (C=O) groups excluding carboxylic acids is 1. The molecule has 0 unspecified atom stereocenters. The molecule has 148 valence electrons. The number of rotatable bonds is 8. The van der Waals surface area contributed by atoms with E-state index in [4.69, 9.17) is 4.42 Å². The SMILES string of the molecule is O=C(CSc1nnc(-c2ccco2)n1Cc1ccccc1)NCc1cc(Br)cs1. The first-order chi connectivity index (χ1) is 14.2. The molecule has 1 N–H and O–H groups in total. The fourth-order valence-corrected chi connectivity index (χ4v) is 4.86. The Labute approximate surface area is 184 Å². The predicted molar refractivity (Wildman–Crippen MR) is 118 cm³/mol. The fourth-order valence-electron chi connectivity index (χ4n) is 2.71. The number of nitrogens with one attached hydrogen (secondary N) is 1. The first-order valence-corrected chi connectivity index (χ1v) is 11.5. The average molecular weight is 489 g/mol. The van der Waals surface area contributed by atoms with Gasteiger partial charge in [-0.3, -0.25) is 9.36 Å². The van der Waals surface area contributed by atoms with Crippen LogP contribution in [-0.4, -0.2) is 26.4 Å². The zero-order chi connectivity index (χ0) is 20.1. The lowest BCUT2D eigenvalue weighted by molar-refractivity contribution is -0.118. The van der Waals surface area contributed by atoms with Gasteiger partial charge >= 0.3 is 0 Å². The second-order valence-electron chi connectivity index (χ2n) is 6.15. The van der Waals surface area contributed by atoms with Crippen LogP contribution in [0.3, 0.4) is 0 Å². The molecule has 1 amide bonds. The van der Waals surface area contributed by atoms with Crippen molar-refractivity contribution in [2.75, 3.05) is 5.75 Å². The maximum Gasteiger partial charge on any atom is 0.230 e. The Hall–Kier alpha value is -2.36. The highest BCUT2D eigenvalue weighted by molar-refractivity contribution is 9.10. The van der Waals surface area contributed by atoms with Crippen LogP contribution in [0.5, 0.6) is 0 Å². The Morgan fingerprint density at radius 3 is 2.79 bits per heavy atom. The van der Waals surface area contributed by atoms with Crippen molar-refractivity contribution in [3.63, 3.8) is 0 Å². The molecule has 0 aliphatic heterocycles. The molecular formula is C20H17BrN4O2S2. The standard InChI is InChI=1S/C20H17BrN4O2S2/c21-15-9-16(28-12-15)10-22-18(26)13-29-20-24-23-19(17-7-4-8-27-17)25(20)11-14-5-2-1-3-6-14/h1-9,12H,10-11,13H2,(H,22,26). The summed E-state index contributed by atoms with van der Waals surface area (Å²) in [4.78, 5) is 13.4. The maximum absolute atomic E-state index is 12.3. The van der Waals surface area contributed by atoms with Crippen LogP contribution < -0.4 is 5.32 Å². The van der Waals surface area contributed by atoms with Gasteiger partial charge in [-0.1, -0.05) is 42.1 Å². The van der Waals surface area contributed by atoms with Gasteiger partial charge in [-0.05, 0) is 39.7 Å². The maximum atomic E-state index is 12.3. The van der Waals surface area contributed by atoms with Crippen molar-refractivity contribution in [2.45, 2.75) is 18.2 Å². The third-order valence-corrected chi connectivity index (χ3v) is 6.72. The van der Waals surface area contributed by atoms with E-state index in [2.05, 4.69) is 31.4 Å².